The van der Waals surface area contributed by atoms with Crippen LogP contribution in [0, 0.1) is 11.3 Å². The normalized spacial score (nSPS) is 20.1. The SMILES string of the molecule is CC(C)(C)C1CC(=O)N(CCc2ccc(N)cc2)C1. The van der Waals surface area contributed by atoms with Gasteiger partial charge in [-0.1, -0.05) is 32.9 Å². The Balaban J connectivity index is 1.90. The number of carbonyl (C=O) groups excluding carboxylic acids is 1. The van der Waals surface area contributed by atoms with Crippen LogP contribution in [-0.2, 0) is 11.2 Å². The minimum atomic E-state index is 0.214. The van der Waals surface area contributed by atoms with Crippen LogP contribution in [0.25, 0.3) is 0 Å². The van der Waals surface area contributed by atoms with Gasteiger partial charge in [0, 0.05) is 25.2 Å². The van der Waals surface area contributed by atoms with E-state index in [0.717, 1.165) is 25.2 Å². The largest absolute Gasteiger partial charge is 0.399 e. The summed E-state index contributed by atoms with van der Waals surface area (Å²) in [4.78, 5) is 14.0. The predicted molar refractivity (Wildman–Crippen MR) is 78.7 cm³/mol. The molecule has 1 aliphatic rings. The van der Waals surface area contributed by atoms with Crippen LogP contribution in [0.15, 0.2) is 24.3 Å². The van der Waals surface area contributed by atoms with Gasteiger partial charge in [-0.15, -0.1) is 0 Å². The lowest BCUT2D eigenvalue weighted by Gasteiger charge is -2.26. The molecule has 0 aliphatic carbocycles. The molecule has 1 fully saturated rings. The third kappa shape index (κ3) is 3.49. The van der Waals surface area contributed by atoms with E-state index in [2.05, 4.69) is 20.8 Å². The van der Waals surface area contributed by atoms with Crippen molar-refractivity contribution in [1.29, 1.82) is 0 Å². The van der Waals surface area contributed by atoms with E-state index in [-0.39, 0.29) is 5.41 Å². The molecule has 3 heteroatoms. The molecule has 1 amide bonds. The van der Waals surface area contributed by atoms with Crippen LogP contribution in [0.1, 0.15) is 32.8 Å². The van der Waals surface area contributed by atoms with Crippen LogP contribution in [-0.4, -0.2) is 23.9 Å². The molecule has 2 N–H and O–H groups in total. The van der Waals surface area contributed by atoms with Gasteiger partial charge in [0.05, 0.1) is 0 Å². The van der Waals surface area contributed by atoms with Crippen LogP contribution in [0.5, 0.6) is 0 Å². The molecule has 0 saturated carbocycles. The highest BCUT2D eigenvalue weighted by atomic mass is 16.2. The fourth-order valence-corrected chi connectivity index (χ4v) is 2.52. The Bertz CT molecular complexity index is 445. The number of rotatable bonds is 3. The van der Waals surface area contributed by atoms with Crippen molar-refractivity contribution >= 4 is 11.6 Å². The standard InChI is InChI=1S/C16H24N2O/c1-16(2,3)13-10-15(19)18(11-13)9-8-12-4-6-14(17)7-5-12/h4-7,13H,8-11,17H2,1-3H3. The van der Waals surface area contributed by atoms with Crippen LogP contribution in [0.2, 0.25) is 0 Å². The number of nitrogens with two attached hydrogens (primary N) is 1. The van der Waals surface area contributed by atoms with E-state index in [4.69, 9.17) is 5.73 Å². The molecule has 104 valence electrons. The van der Waals surface area contributed by atoms with Gasteiger partial charge in [0.2, 0.25) is 5.91 Å². The number of likely N-dealkylation sites (tertiary alicyclic amines) is 1. The van der Waals surface area contributed by atoms with Gasteiger partial charge in [-0.2, -0.15) is 0 Å². The number of benzene rings is 1. The lowest BCUT2D eigenvalue weighted by molar-refractivity contribution is -0.127. The molecule has 1 unspecified atom stereocenters. The molecule has 0 bridgehead atoms. The van der Waals surface area contributed by atoms with Crippen molar-refractivity contribution in [2.24, 2.45) is 11.3 Å². The summed E-state index contributed by atoms with van der Waals surface area (Å²) < 4.78 is 0. The third-order valence-corrected chi connectivity index (χ3v) is 4.09. The first-order valence-electron chi connectivity index (χ1n) is 6.98. The highest BCUT2D eigenvalue weighted by Gasteiger charge is 2.36. The molecule has 3 nitrogen and oxygen atoms in total. The Kier molecular flexibility index (Phi) is 3.83. The zero-order valence-corrected chi connectivity index (χ0v) is 12.1. The molecular formula is C16H24N2O. The predicted octanol–water partition coefficient (Wildman–Crippen LogP) is 2.71. The van der Waals surface area contributed by atoms with Crippen LogP contribution in [0.4, 0.5) is 5.69 Å². The van der Waals surface area contributed by atoms with Crippen LogP contribution in [0.3, 0.4) is 0 Å². The van der Waals surface area contributed by atoms with E-state index in [0.29, 0.717) is 18.2 Å². The van der Waals surface area contributed by atoms with Crippen molar-refractivity contribution in [2.75, 3.05) is 18.8 Å². The average molecular weight is 260 g/mol. The zero-order valence-electron chi connectivity index (χ0n) is 12.1. The summed E-state index contributed by atoms with van der Waals surface area (Å²) in [5.74, 6) is 0.779. The van der Waals surface area contributed by atoms with E-state index in [1.165, 1.54) is 5.56 Å². The molecule has 1 aliphatic heterocycles. The number of nitrogen functional groups attached to an aromatic ring is 1. The maximum Gasteiger partial charge on any atom is 0.222 e. The Morgan fingerprint density at radius 2 is 1.89 bits per heavy atom. The second-order valence-corrected chi connectivity index (χ2v) is 6.60. The third-order valence-electron chi connectivity index (χ3n) is 4.09. The van der Waals surface area contributed by atoms with Crippen molar-refractivity contribution in [2.45, 2.75) is 33.6 Å². The highest BCUT2D eigenvalue weighted by molar-refractivity contribution is 5.78. The summed E-state index contributed by atoms with van der Waals surface area (Å²) >= 11 is 0. The quantitative estimate of drug-likeness (QED) is 0.849. The Morgan fingerprint density at radius 1 is 1.26 bits per heavy atom. The lowest BCUT2D eigenvalue weighted by Crippen LogP contribution is -2.29. The first-order chi connectivity index (χ1) is 8.86. The molecule has 1 aromatic carbocycles. The molecule has 19 heavy (non-hydrogen) atoms. The summed E-state index contributed by atoms with van der Waals surface area (Å²) in [5.41, 5.74) is 7.91. The first-order valence-corrected chi connectivity index (χ1v) is 6.98. The highest BCUT2D eigenvalue weighted by Crippen LogP contribution is 2.34. The van der Waals surface area contributed by atoms with Gasteiger partial charge in [0.25, 0.3) is 0 Å². The van der Waals surface area contributed by atoms with Gasteiger partial charge in [-0.3, -0.25) is 4.79 Å². The van der Waals surface area contributed by atoms with E-state index in [1.54, 1.807) is 0 Å². The van der Waals surface area contributed by atoms with Gasteiger partial charge in [-0.05, 0) is 35.4 Å². The molecule has 1 heterocycles. The van der Waals surface area contributed by atoms with Crippen molar-refractivity contribution in [3.05, 3.63) is 29.8 Å². The number of nitrogens with zero attached hydrogens (tertiary/aromatic N) is 1. The monoisotopic (exact) mass is 260 g/mol. The average Bonchev–Trinajstić information content (AvgIpc) is 2.70. The number of hydrogen-bond donors (Lipinski definition) is 1. The maximum absolute atomic E-state index is 12.0. The fraction of sp³-hybridized carbons (Fsp3) is 0.562. The summed E-state index contributed by atoms with van der Waals surface area (Å²) in [5, 5.41) is 0. The van der Waals surface area contributed by atoms with Crippen molar-refractivity contribution in [1.82, 2.24) is 4.90 Å². The molecule has 1 saturated heterocycles. The Morgan fingerprint density at radius 3 is 2.42 bits per heavy atom. The van der Waals surface area contributed by atoms with Crippen molar-refractivity contribution in [3.63, 3.8) is 0 Å². The Hall–Kier alpha value is -1.51. The molecule has 1 atom stereocenters. The van der Waals surface area contributed by atoms with Gasteiger partial charge in [0.1, 0.15) is 0 Å². The molecule has 1 aromatic rings. The summed E-state index contributed by atoms with van der Waals surface area (Å²) in [6.07, 6.45) is 1.61. The number of hydrogen-bond acceptors (Lipinski definition) is 2. The maximum atomic E-state index is 12.0. The number of anilines is 1. The minimum absolute atomic E-state index is 0.214. The summed E-state index contributed by atoms with van der Waals surface area (Å²) in [6, 6.07) is 7.91. The van der Waals surface area contributed by atoms with E-state index >= 15 is 0 Å². The van der Waals surface area contributed by atoms with Crippen LogP contribution < -0.4 is 5.73 Å². The smallest absolute Gasteiger partial charge is 0.222 e. The molecule has 0 spiro atoms. The zero-order chi connectivity index (χ0) is 14.0. The van der Waals surface area contributed by atoms with E-state index in [1.807, 2.05) is 29.2 Å². The molecule has 2 rings (SSSR count). The first kappa shape index (κ1) is 13.9. The van der Waals surface area contributed by atoms with E-state index in [9.17, 15) is 4.79 Å². The van der Waals surface area contributed by atoms with E-state index < -0.39 is 0 Å². The van der Waals surface area contributed by atoms with Crippen molar-refractivity contribution < 1.29 is 4.79 Å². The molecule has 0 radical (unpaired) electrons. The van der Waals surface area contributed by atoms with Gasteiger partial charge in [-0.25, -0.2) is 0 Å². The Labute approximate surface area is 115 Å². The second kappa shape index (κ2) is 5.24. The van der Waals surface area contributed by atoms with Gasteiger partial charge < -0.3 is 10.6 Å². The van der Waals surface area contributed by atoms with Crippen LogP contribution >= 0.6 is 0 Å². The van der Waals surface area contributed by atoms with Gasteiger partial charge in [0.15, 0.2) is 0 Å². The topological polar surface area (TPSA) is 46.3 Å². The number of amides is 1. The summed E-state index contributed by atoms with van der Waals surface area (Å²) in [7, 11) is 0. The minimum Gasteiger partial charge on any atom is -0.399 e. The van der Waals surface area contributed by atoms with Gasteiger partial charge >= 0.3 is 0 Å². The summed E-state index contributed by atoms with van der Waals surface area (Å²) in [6.45, 7) is 8.36. The van der Waals surface area contributed by atoms with Crippen molar-refractivity contribution in [3.8, 4) is 0 Å². The fourth-order valence-electron chi connectivity index (χ4n) is 2.52. The second-order valence-electron chi connectivity index (χ2n) is 6.60. The number of carbonyl (C=O) groups is 1. The molecular weight excluding hydrogens is 236 g/mol. The molecule has 0 aromatic heterocycles. The lowest BCUT2D eigenvalue weighted by atomic mass is 9.80.